The number of allylic oxidation sites excluding steroid dienone is 2. The maximum absolute atomic E-state index is 12.9. The number of halogens is 1. The molecule has 1 heteroatoms. The molecule has 152 valence electrons. The average molecular weight is 381 g/mol. The van der Waals surface area contributed by atoms with Crippen molar-refractivity contribution in [2.75, 3.05) is 0 Å². The molecule has 0 bridgehead atoms. The Kier molecular flexibility index (Phi) is 8.66. The van der Waals surface area contributed by atoms with E-state index in [1.54, 1.807) is 12.1 Å². The monoisotopic (exact) mass is 380 g/mol. The minimum Gasteiger partial charge on any atom is -0.207 e. The van der Waals surface area contributed by atoms with Gasteiger partial charge in [0.15, 0.2) is 0 Å². The first-order chi connectivity index (χ1) is 13.7. The van der Waals surface area contributed by atoms with Gasteiger partial charge in [0.25, 0.3) is 0 Å². The summed E-state index contributed by atoms with van der Waals surface area (Å²) in [4.78, 5) is 0. The predicted octanol–water partition coefficient (Wildman–Crippen LogP) is 7.93. The zero-order valence-corrected chi connectivity index (χ0v) is 17.6. The van der Waals surface area contributed by atoms with Crippen LogP contribution in [0.4, 0.5) is 4.39 Å². The lowest BCUT2D eigenvalue weighted by molar-refractivity contribution is 0.151. The van der Waals surface area contributed by atoms with Gasteiger partial charge in [0.1, 0.15) is 5.82 Å². The lowest BCUT2D eigenvalue weighted by atomic mass is 9.68. The van der Waals surface area contributed by atoms with Crippen LogP contribution in [0.25, 0.3) is 0 Å². The Morgan fingerprint density at radius 1 is 0.893 bits per heavy atom. The Balaban J connectivity index is 1.35. The van der Waals surface area contributed by atoms with Crippen LogP contribution >= 0.6 is 0 Å². The van der Waals surface area contributed by atoms with E-state index in [2.05, 4.69) is 24.8 Å². The maximum atomic E-state index is 12.9. The Morgan fingerprint density at radius 2 is 1.54 bits per heavy atom. The van der Waals surface area contributed by atoms with Crippen molar-refractivity contribution in [3.63, 3.8) is 0 Å². The van der Waals surface area contributed by atoms with E-state index in [1.165, 1.54) is 89.2 Å². The Labute approximate surface area is 172 Å². The van der Waals surface area contributed by atoms with Gasteiger partial charge in [-0.15, -0.1) is 0 Å². The number of benzene rings is 1. The number of hydrogen-bond donors (Lipinski definition) is 0. The Bertz CT molecular complexity index is 644. The number of unbranched alkanes of at least 4 members (excludes halogenated alkanes) is 2. The molecule has 0 spiro atoms. The summed E-state index contributed by atoms with van der Waals surface area (Å²) in [5, 5.41) is 0. The van der Waals surface area contributed by atoms with Crippen molar-refractivity contribution in [2.45, 2.75) is 84.0 Å². The van der Waals surface area contributed by atoms with E-state index in [0.29, 0.717) is 5.92 Å². The molecule has 1 aromatic carbocycles. The van der Waals surface area contributed by atoms with E-state index in [9.17, 15) is 4.39 Å². The highest BCUT2D eigenvalue weighted by atomic mass is 19.1. The van der Waals surface area contributed by atoms with Crippen molar-refractivity contribution in [2.24, 2.45) is 23.7 Å². The third-order valence-electron chi connectivity index (χ3n) is 7.10. The third kappa shape index (κ3) is 6.80. The summed E-state index contributed by atoms with van der Waals surface area (Å²) in [6, 6.07) is 6.40. The van der Waals surface area contributed by atoms with Crippen molar-refractivity contribution < 1.29 is 4.39 Å². The SMILES string of the molecule is CCCCCC1CCC(C2CCC(C=CC#Cc3ccc(F)cc3)CC2)CC1. The highest BCUT2D eigenvalue weighted by Crippen LogP contribution is 2.42. The van der Waals surface area contributed by atoms with Crippen molar-refractivity contribution in [1.82, 2.24) is 0 Å². The van der Waals surface area contributed by atoms with Crippen LogP contribution in [-0.2, 0) is 0 Å². The van der Waals surface area contributed by atoms with Crippen molar-refractivity contribution in [3.05, 3.63) is 47.8 Å². The molecule has 0 atom stereocenters. The molecular weight excluding hydrogens is 343 g/mol. The molecule has 3 rings (SSSR count). The van der Waals surface area contributed by atoms with Gasteiger partial charge in [0, 0.05) is 5.56 Å². The highest BCUT2D eigenvalue weighted by Gasteiger charge is 2.30. The molecule has 28 heavy (non-hydrogen) atoms. The zero-order valence-electron chi connectivity index (χ0n) is 17.6. The first-order valence-electron chi connectivity index (χ1n) is 11.7. The summed E-state index contributed by atoms with van der Waals surface area (Å²) in [5.41, 5.74) is 0.875. The highest BCUT2D eigenvalue weighted by molar-refractivity contribution is 5.36. The summed E-state index contributed by atoms with van der Waals surface area (Å²) in [6.45, 7) is 2.31. The molecular formula is C27H37F. The molecule has 0 unspecified atom stereocenters. The van der Waals surface area contributed by atoms with Crippen LogP contribution in [-0.4, -0.2) is 0 Å². The molecule has 0 nitrogen and oxygen atoms in total. The molecule has 0 aromatic heterocycles. The fourth-order valence-electron chi connectivity index (χ4n) is 5.28. The first-order valence-corrected chi connectivity index (χ1v) is 11.7. The molecule has 0 aliphatic heterocycles. The van der Waals surface area contributed by atoms with Crippen LogP contribution < -0.4 is 0 Å². The average Bonchev–Trinajstić information content (AvgIpc) is 2.74. The summed E-state index contributed by atoms with van der Waals surface area (Å²) in [5.74, 6) is 9.71. The van der Waals surface area contributed by atoms with Crippen LogP contribution in [0.15, 0.2) is 36.4 Å². The summed E-state index contributed by atoms with van der Waals surface area (Å²) < 4.78 is 12.9. The van der Waals surface area contributed by atoms with Crippen LogP contribution in [0.3, 0.4) is 0 Å². The van der Waals surface area contributed by atoms with Gasteiger partial charge in [-0.25, -0.2) is 4.39 Å². The minimum atomic E-state index is -0.206. The van der Waals surface area contributed by atoms with Gasteiger partial charge >= 0.3 is 0 Å². The van der Waals surface area contributed by atoms with E-state index in [1.807, 2.05) is 6.08 Å². The normalized spacial score (nSPS) is 28.1. The smallest absolute Gasteiger partial charge is 0.123 e. The minimum absolute atomic E-state index is 0.206. The second kappa shape index (κ2) is 11.5. The van der Waals surface area contributed by atoms with Crippen LogP contribution in [0, 0.1) is 41.3 Å². The Hall–Kier alpha value is -1.55. The molecule has 2 aliphatic rings. The van der Waals surface area contributed by atoms with Crippen LogP contribution in [0.5, 0.6) is 0 Å². The van der Waals surface area contributed by atoms with Crippen molar-refractivity contribution in [3.8, 4) is 11.8 Å². The molecule has 0 amide bonds. The molecule has 2 aliphatic carbocycles. The van der Waals surface area contributed by atoms with E-state index in [4.69, 9.17) is 0 Å². The molecule has 2 fully saturated rings. The fraction of sp³-hybridized carbons (Fsp3) is 0.630. The summed E-state index contributed by atoms with van der Waals surface area (Å²) in [7, 11) is 0. The lowest BCUT2D eigenvalue weighted by Gasteiger charge is -2.37. The van der Waals surface area contributed by atoms with Gasteiger partial charge in [0.05, 0.1) is 0 Å². The van der Waals surface area contributed by atoms with Gasteiger partial charge in [-0.05, 0) is 92.5 Å². The van der Waals surface area contributed by atoms with Crippen molar-refractivity contribution >= 4 is 0 Å². The zero-order chi connectivity index (χ0) is 19.6. The van der Waals surface area contributed by atoms with Crippen molar-refractivity contribution in [1.29, 1.82) is 0 Å². The molecule has 1 aromatic rings. The fourth-order valence-corrected chi connectivity index (χ4v) is 5.28. The van der Waals surface area contributed by atoms with E-state index < -0.39 is 0 Å². The van der Waals surface area contributed by atoms with E-state index >= 15 is 0 Å². The predicted molar refractivity (Wildman–Crippen MR) is 117 cm³/mol. The second-order valence-corrected chi connectivity index (χ2v) is 9.09. The number of hydrogen-bond acceptors (Lipinski definition) is 0. The first kappa shape index (κ1) is 21.2. The lowest BCUT2D eigenvalue weighted by Crippen LogP contribution is -2.25. The largest absolute Gasteiger partial charge is 0.207 e. The van der Waals surface area contributed by atoms with Crippen LogP contribution in [0.1, 0.15) is 89.5 Å². The molecule has 0 N–H and O–H groups in total. The summed E-state index contributed by atoms with van der Waals surface area (Å²) >= 11 is 0. The molecule has 2 saturated carbocycles. The molecule has 0 heterocycles. The summed E-state index contributed by atoms with van der Waals surface area (Å²) in [6.07, 6.45) is 21.5. The van der Waals surface area contributed by atoms with Gasteiger partial charge in [0.2, 0.25) is 0 Å². The third-order valence-corrected chi connectivity index (χ3v) is 7.10. The quantitative estimate of drug-likeness (QED) is 0.347. The molecule has 0 radical (unpaired) electrons. The van der Waals surface area contributed by atoms with Gasteiger partial charge < -0.3 is 0 Å². The molecule has 0 saturated heterocycles. The van der Waals surface area contributed by atoms with Crippen LogP contribution in [0.2, 0.25) is 0 Å². The van der Waals surface area contributed by atoms with E-state index in [0.717, 1.165) is 23.3 Å². The standard InChI is InChI=1S/C27H37F/c1-2-3-4-7-22-10-16-25(17-11-22)26-18-12-23(13-19-26)8-5-6-9-24-14-20-27(28)21-15-24/h5,8,14-15,20-23,25-26H,2-4,7,10-13,16-19H2,1H3. The van der Waals surface area contributed by atoms with E-state index in [-0.39, 0.29) is 5.82 Å². The second-order valence-electron chi connectivity index (χ2n) is 9.09. The van der Waals surface area contributed by atoms with Gasteiger partial charge in [-0.3, -0.25) is 0 Å². The number of rotatable bonds is 6. The topological polar surface area (TPSA) is 0 Å². The van der Waals surface area contributed by atoms with Gasteiger partial charge in [-0.1, -0.05) is 63.4 Å². The van der Waals surface area contributed by atoms with Gasteiger partial charge in [-0.2, -0.15) is 0 Å². The Morgan fingerprint density at radius 3 is 2.18 bits per heavy atom. The maximum Gasteiger partial charge on any atom is 0.123 e.